The summed E-state index contributed by atoms with van der Waals surface area (Å²) >= 11 is 0. The number of hydrogen-bond donors (Lipinski definition) is 1. The third-order valence-electron chi connectivity index (χ3n) is 5.87. The first-order valence-electron chi connectivity index (χ1n) is 10.7. The first kappa shape index (κ1) is 21.2. The van der Waals surface area contributed by atoms with Crippen LogP contribution in [0.5, 0.6) is 11.5 Å². The Kier molecular flexibility index (Phi) is 6.42. The molecule has 0 radical (unpaired) electrons. The Balaban J connectivity index is 1.67. The zero-order valence-corrected chi connectivity index (χ0v) is 18.5. The first-order valence-corrected chi connectivity index (χ1v) is 10.7. The quantitative estimate of drug-likeness (QED) is 0.531. The minimum atomic E-state index is 0.0428. The van der Waals surface area contributed by atoms with Crippen molar-refractivity contribution in [1.29, 1.82) is 0 Å². The number of aromatic nitrogens is 1. The van der Waals surface area contributed by atoms with Gasteiger partial charge in [0.25, 0.3) is 0 Å². The molecule has 5 nitrogen and oxygen atoms in total. The number of ether oxygens (including phenoxy) is 2. The van der Waals surface area contributed by atoms with Gasteiger partial charge in [-0.15, -0.1) is 0 Å². The Labute approximate surface area is 184 Å². The van der Waals surface area contributed by atoms with Crippen molar-refractivity contribution in [2.45, 2.75) is 45.4 Å². The summed E-state index contributed by atoms with van der Waals surface area (Å²) in [5.41, 5.74) is 5.61. The zero-order valence-electron chi connectivity index (χ0n) is 18.5. The SMILES string of the molecule is COc1ccc(CN(Cc2ccc(OC)cc2)c2cc(CO)c(C3CC3)c(C)n2)cc1. The highest BCUT2D eigenvalue weighted by atomic mass is 16.5. The molecule has 1 N–H and O–H groups in total. The van der Waals surface area contributed by atoms with Crippen LogP contribution in [0.1, 0.15) is 46.7 Å². The third-order valence-corrected chi connectivity index (χ3v) is 5.87. The lowest BCUT2D eigenvalue weighted by atomic mass is 10.0. The van der Waals surface area contributed by atoms with Gasteiger partial charge in [0, 0.05) is 18.8 Å². The fourth-order valence-electron chi connectivity index (χ4n) is 4.07. The molecule has 0 aliphatic heterocycles. The minimum Gasteiger partial charge on any atom is -0.497 e. The number of nitrogens with zero attached hydrogens (tertiary/aromatic N) is 2. The normalized spacial score (nSPS) is 13.2. The average Bonchev–Trinajstić information content (AvgIpc) is 3.64. The molecule has 4 rings (SSSR count). The van der Waals surface area contributed by atoms with Crippen molar-refractivity contribution >= 4 is 5.82 Å². The highest BCUT2D eigenvalue weighted by Gasteiger charge is 2.29. The number of aliphatic hydroxyl groups excluding tert-OH is 1. The highest BCUT2D eigenvalue weighted by molar-refractivity contribution is 5.50. The van der Waals surface area contributed by atoms with Gasteiger partial charge in [0.2, 0.25) is 0 Å². The molecule has 162 valence electrons. The maximum Gasteiger partial charge on any atom is 0.129 e. The van der Waals surface area contributed by atoms with Gasteiger partial charge in [-0.25, -0.2) is 4.98 Å². The Morgan fingerprint density at radius 2 is 1.42 bits per heavy atom. The number of hydrogen-bond acceptors (Lipinski definition) is 5. The van der Waals surface area contributed by atoms with Crippen molar-refractivity contribution in [3.8, 4) is 11.5 Å². The van der Waals surface area contributed by atoms with E-state index in [-0.39, 0.29) is 6.61 Å². The number of aryl methyl sites for hydroxylation is 1. The Morgan fingerprint density at radius 3 is 1.84 bits per heavy atom. The van der Waals surface area contributed by atoms with Gasteiger partial charge in [-0.2, -0.15) is 0 Å². The Bertz CT molecular complexity index is 963. The van der Waals surface area contributed by atoms with Gasteiger partial charge >= 0.3 is 0 Å². The average molecular weight is 419 g/mol. The minimum absolute atomic E-state index is 0.0428. The van der Waals surface area contributed by atoms with Crippen molar-refractivity contribution in [3.63, 3.8) is 0 Å². The van der Waals surface area contributed by atoms with Crippen LogP contribution in [-0.2, 0) is 19.7 Å². The number of anilines is 1. The van der Waals surface area contributed by atoms with Gasteiger partial charge in [0.05, 0.1) is 20.8 Å². The summed E-state index contributed by atoms with van der Waals surface area (Å²) in [7, 11) is 3.35. The lowest BCUT2D eigenvalue weighted by molar-refractivity contribution is 0.280. The molecule has 0 amide bonds. The molecule has 0 saturated heterocycles. The van der Waals surface area contributed by atoms with E-state index in [0.717, 1.165) is 28.6 Å². The first-order chi connectivity index (χ1) is 15.1. The van der Waals surface area contributed by atoms with Crippen molar-refractivity contribution in [2.75, 3.05) is 19.1 Å². The fraction of sp³-hybridized carbons (Fsp3) is 0.346. The third kappa shape index (κ3) is 5.00. The van der Waals surface area contributed by atoms with Gasteiger partial charge in [-0.3, -0.25) is 0 Å². The maximum atomic E-state index is 10.0. The molecule has 1 aliphatic carbocycles. The van der Waals surface area contributed by atoms with Crippen LogP contribution in [0.3, 0.4) is 0 Å². The van der Waals surface area contributed by atoms with Crippen LogP contribution in [0.15, 0.2) is 54.6 Å². The summed E-state index contributed by atoms with van der Waals surface area (Å²) < 4.78 is 10.6. The molecule has 0 unspecified atom stereocenters. The molecule has 5 heteroatoms. The van der Waals surface area contributed by atoms with Crippen LogP contribution in [-0.4, -0.2) is 24.3 Å². The van der Waals surface area contributed by atoms with Gasteiger partial charge in [-0.1, -0.05) is 24.3 Å². The van der Waals surface area contributed by atoms with Crippen LogP contribution >= 0.6 is 0 Å². The molecule has 1 aromatic heterocycles. The van der Waals surface area contributed by atoms with Gasteiger partial charge in [-0.05, 0) is 78.3 Å². The lowest BCUT2D eigenvalue weighted by Gasteiger charge is -2.26. The van der Waals surface area contributed by atoms with Crippen molar-refractivity contribution in [3.05, 3.63) is 82.5 Å². The standard InChI is InChI=1S/C26H30N2O3/c1-18-26(21-8-9-21)22(17-29)14-25(27-18)28(15-19-4-10-23(30-2)11-5-19)16-20-6-12-24(31-3)13-7-20/h4-7,10-14,21,29H,8-9,15-17H2,1-3H3. The van der Waals surface area contributed by atoms with Crippen LogP contribution < -0.4 is 14.4 Å². The van der Waals surface area contributed by atoms with E-state index in [2.05, 4.69) is 42.2 Å². The second-order valence-corrected chi connectivity index (χ2v) is 8.12. The predicted molar refractivity (Wildman–Crippen MR) is 123 cm³/mol. The van der Waals surface area contributed by atoms with Crippen molar-refractivity contribution in [2.24, 2.45) is 0 Å². The van der Waals surface area contributed by atoms with Gasteiger partial charge in [0.15, 0.2) is 0 Å². The predicted octanol–water partition coefficient (Wildman–Crippen LogP) is 4.98. The van der Waals surface area contributed by atoms with Gasteiger partial charge in [0.1, 0.15) is 17.3 Å². The smallest absolute Gasteiger partial charge is 0.129 e. The van der Waals surface area contributed by atoms with Crippen molar-refractivity contribution < 1.29 is 14.6 Å². The molecule has 31 heavy (non-hydrogen) atoms. The second kappa shape index (κ2) is 9.40. The molecule has 0 spiro atoms. The van der Waals surface area contributed by atoms with Crippen molar-refractivity contribution in [1.82, 2.24) is 4.98 Å². The summed E-state index contributed by atoms with van der Waals surface area (Å²) in [5, 5.41) is 10.0. The molecule has 1 heterocycles. The summed E-state index contributed by atoms with van der Waals surface area (Å²) in [6.45, 7) is 3.52. The molecular weight excluding hydrogens is 388 g/mol. The number of pyridine rings is 1. The Morgan fingerprint density at radius 1 is 0.903 bits per heavy atom. The molecule has 1 aliphatic rings. The number of aliphatic hydroxyl groups is 1. The summed E-state index contributed by atoms with van der Waals surface area (Å²) in [4.78, 5) is 7.22. The van der Waals surface area contributed by atoms with E-state index in [4.69, 9.17) is 14.5 Å². The molecular formula is C26H30N2O3. The van der Waals surface area contributed by atoms with E-state index in [9.17, 15) is 5.11 Å². The molecule has 0 atom stereocenters. The van der Waals surface area contributed by atoms with Crippen LogP contribution in [0, 0.1) is 6.92 Å². The van der Waals surface area contributed by atoms with E-state index in [1.807, 2.05) is 24.3 Å². The van der Waals surface area contributed by atoms with Crippen LogP contribution in [0.4, 0.5) is 5.82 Å². The number of rotatable bonds is 9. The molecule has 2 aromatic carbocycles. The molecule has 1 fully saturated rings. The van der Waals surface area contributed by atoms with E-state index < -0.39 is 0 Å². The van der Waals surface area contributed by atoms with Crippen LogP contribution in [0.25, 0.3) is 0 Å². The topological polar surface area (TPSA) is 54.8 Å². The summed E-state index contributed by atoms with van der Waals surface area (Å²) in [6, 6.07) is 18.3. The molecule has 0 bridgehead atoms. The molecule has 3 aromatic rings. The van der Waals surface area contributed by atoms with E-state index in [1.165, 1.54) is 29.5 Å². The lowest BCUT2D eigenvalue weighted by Crippen LogP contribution is -2.24. The maximum absolute atomic E-state index is 10.0. The number of methoxy groups -OCH3 is 2. The number of benzene rings is 2. The van der Waals surface area contributed by atoms with Crippen LogP contribution in [0.2, 0.25) is 0 Å². The zero-order chi connectivity index (χ0) is 21.8. The van der Waals surface area contributed by atoms with E-state index in [0.29, 0.717) is 19.0 Å². The van der Waals surface area contributed by atoms with Gasteiger partial charge < -0.3 is 19.5 Å². The van der Waals surface area contributed by atoms with E-state index in [1.54, 1.807) is 14.2 Å². The van der Waals surface area contributed by atoms with E-state index >= 15 is 0 Å². The Hall–Kier alpha value is -3.05. The fourth-order valence-corrected chi connectivity index (χ4v) is 4.07. The highest BCUT2D eigenvalue weighted by Crippen LogP contribution is 2.43. The largest absolute Gasteiger partial charge is 0.497 e. The molecule has 1 saturated carbocycles. The summed E-state index contributed by atoms with van der Waals surface area (Å²) in [6.07, 6.45) is 2.38. The second-order valence-electron chi connectivity index (χ2n) is 8.12. The monoisotopic (exact) mass is 418 g/mol. The summed E-state index contributed by atoms with van der Waals surface area (Å²) in [5.74, 6) is 3.13.